The number of hydrogen-bond acceptors (Lipinski definition) is 6. The first-order valence-electron chi connectivity index (χ1n) is 14.6. The first-order valence-corrected chi connectivity index (χ1v) is 16.6. The van der Waals surface area contributed by atoms with E-state index in [1.54, 1.807) is 6.92 Å². The number of unbranched alkanes of at least 4 members (excludes halogenated alkanes) is 1. The average molecular weight is 564 g/mol. The molecule has 1 aromatic carbocycles. The van der Waals surface area contributed by atoms with Crippen molar-refractivity contribution in [2.45, 2.75) is 97.3 Å². The highest BCUT2D eigenvalue weighted by Gasteiger charge is 2.44. The Kier molecular flexibility index (Phi) is 12.1. The average Bonchev–Trinajstić information content (AvgIpc) is 3.38. The number of aliphatic carboxylic acids is 1. The van der Waals surface area contributed by atoms with Gasteiger partial charge in [-0.05, 0) is 43.1 Å². The summed E-state index contributed by atoms with van der Waals surface area (Å²) in [5, 5.41) is 9.92. The van der Waals surface area contributed by atoms with Gasteiger partial charge in [-0.15, -0.1) is 0 Å². The third-order valence-corrected chi connectivity index (χ3v) is 10.4. The van der Waals surface area contributed by atoms with Gasteiger partial charge in [0.1, 0.15) is 12.2 Å². The molecule has 1 saturated carbocycles. The summed E-state index contributed by atoms with van der Waals surface area (Å²) in [6.45, 7) is 5.68. The Balaban J connectivity index is 1.73. The molecule has 1 heterocycles. The van der Waals surface area contributed by atoms with Crippen molar-refractivity contribution in [3.63, 3.8) is 0 Å². The normalized spacial score (nSPS) is 22.4. The molecule has 3 rings (SSSR count). The Hall–Kier alpha value is -2.18. The molecule has 1 aliphatic carbocycles. The SMILES string of the molecule is CCC(=O)O[C@@H](OP(=O)(CCCCc1ccccc1)CC(=O)N1C[C@H](C2CCCCC2)CC1C(=O)O)C(C)C. The van der Waals surface area contributed by atoms with Crippen LogP contribution < -0.4 is 0 Å². The quantitative estimate of drug-likeness (QED) is 0.126. The number of carbonyl (C=O) groups excluding carboxylic acids is 2. The van der Waals surface area contributed by atoms with Crippen LogP contribution in [0.25, 0.3) is 0 Å². The number of esters is 1. The van der Waals surface area contributed by atoms with Crippen molar-refractivity contribution in [1.82, 2.24) is 4.90 Å². The maximum absolute atomic E-state index is 14.2. The van der Waals surface area contributed by atoms with E-state index in [0.717, 1.165) is 38.5 Å². The molecule has 0 bridgehead atoms. The molecule has 0 radical (unpaired) electrons. The number of likely N-dealkylation sites (tertiary alicyclic amines) is 1. The van der Waals surface area contributed by atoms with E-state index in [1.165, 1.54) is 16.9 Å². The van der Waals surface area contributed by atoms with Crippen LogP contribution >= 0.6 is 7.37 Å². The van der Waals surface area contributed by atoms with Crippen LogP contribution in [0.4, 0.5) is 0 Å². The van der Waals surface area contributed by atoms with Crippen LogP contribution in [0.3, 0.4) is 0 Å². The second kappa shape index (κ2) is 15.0. The van der Waals surface area contributed by atoms with Crippen molar-refractivity contribution in [2.24, 2.45) is 17.8 Å². The topological polar surface area (TPSA) is 110 Å². The van der Waals surface area contributed by atoms with Gasteiger partial charge in [-0.2, -0.15) is 0 Å². The van der Waals surface area contributed by atoms with Gasteiger partial charge < -0.3 is 14.7 Å². The van der Waals surface area contributed by atoms with Gasteiger partial charge in [-0.3, -0.25) is 18.7 Å². The van der Waals surface area contributed by atoms with Crippen LogP contribution in [0.5, 0.6) is 0 Å². The minimum atomic E-state index is -3.60. The Morgan fingerprint density at radius 1 is 1.05 bits per heavy atom. The number of benzene rings is 1. The van der Waals surface area contributed by atoms with Gasteiger partial charge in [-0.1, -0.05) is 83.2 Å². The van der Waals surface area contributed by atoms with Gasteiger partial charge in [0.25, 0.3) is 0 Å². The van der Waals surface area contributed by atoms with Crippen molar-refractivity contribution in [2.75, 3.05) is 18.9 Å². The van der Waals surface area contributed by atoms with Crippen LogP contribution in [-0.4, -0.2) is 59.1 Å². The summed E-state index contributed by atoms with van der Waals surface area (Å²) in [6, 6.07) is 9.10. The van der Waals surface area contributed by atoms with E-state index in [2.05, 4.69) is 0 Å². The number of hydrogen-bond donors (Lipinski definition) is 1. The molecule has 218 valence electrons. The molecule has 1 aromatic rings. The Morgan fingerprint density at radius 2 is 1.74 bits per heavy atom. The van der Waals surface area contributed by atoms with Crippen LogP contribution in [0.2, 0.25) is 0 Å². The molecule has 0 spiro atoms. The van der Waals surface area contributed by atoms with Crippen LogP contribution in [0.15, 0.2) is 30.3 Å². The summed E-state index contributed by atoms with van der Waals surface area (Å²) in [6.07, 6.45) is 7.12. The first-order chi connectivity index (χ1) is 18.6. The Bertz CT molecular complexity index is 992. The van der Waals surface area contributed by atoms with Gasteiger partial charge in [0.15, 0.2) is 0 Å². The molecular weight excluding hydrogens is 517 g/mol. The van der Waals surface area contributed by atoms with Crippen LogP contribution in [0.1, 0.15) is 84.1 Å². The molecule has 4 atom stereocenters. The molecule has 2 fully saturated rings. The molecule has 1 saturated heterocycles. The fraction of sp³-hybridized carbons (Fsp3) is 0.700. The first kappa shape index (κ1) is 31.3. The summed E-state index contributed by atoms with van der Waals surface area (Å²) in [5.74, 6) is -1.61. The molecule has 39 heavy (non-hydrogen) atoms. The smallest absolute Gasteiger partial charge is 0.326 e. The summed E-state index contributed by atoms with van der Waals surface area (Å²) in [7, 11) is -3.60. The van der Waals surface area contributed by atoms with Gasteiger partial charge in [0, 0.05) is 25.0 Å². The van der Waals surface area contributed by atoms with Gasteiger partial charge in [0.2, 0.25) is 19.6 Å². The van der Waals surface area contributed by atoms with E-state index in [9.17, 15) is 24.1 Å². The molecular formula is C30H46NO7P. The van der Waals surface area contributed by atoms with Crippen LogP contribution in [0, 0.1) is 17.8 Å². The lowest BCUT2D eigenvalue weighted by Gasteiger charge is -2.30. The number of ether oxygens (including phenoxy) is 1. The number of rotatable bonds is 14. The lowest BCUT2D eigenvalue weighted by atomic mass is 9.79. The predicted molar refractivity (Wildman–Crippen MR) is 151 cm³/mol. The maximum Gasteiger partial charge on any atom is 0.326 e. The molecule has 0 aromatic heterocycles. The second-order valence-electron chi connectivity index (χ2n) is 11.5. The molecule has 2 unspecified atom stereocenters. The van der Waals surface area contributed by atoms with Gasteiger partial charge in [-0.25, -0.2) is 4.79 Å². The summed E-state index contributed by atoms with van der Waals surface area (Å²) >= 11 is 0. The number of carboxylic acid groups (broad SMARTS) is 1. The number of nitrogens with zero attached hydrogens (tertiary/aromatic N) is 1. The van der Waals surface area contributed by atoms with Crippen molar-refractivity contribution in [1.29, 1.82) is 0 Å². The summed E-state index contributed by atoms with van der Waals surface area (Å²) in [5.41, 5.74) is 1.18. The number of carbonyl (C=O) groups is 3. The monoisotopic (exact) mass is 563 g/mol. The van der Waals surface area contributed by atoms with E-state index in [4.69, 9.17) is 9.26 Å². The standard InChI is InChI=1S/C30H46NO7P/c1-4-28(33)37-30(22(2)3)38-39(36,18-12-11-15-23-13-7-5-8-14-23)21-27(32)31-20-25(19-26(31)29(34)35)24-16-9-6-10-17-24/h5,7-8,13-14,22,24-26,30H,4,6,9-12,15-21H2,1-3H3,(H,34,35)/t25-,26?,30+,39?/m1/s1. The minimum absolute atomic E-state index is 0.149. The highest BCUT2D eigenvalue weighted by Crippen LogP contribution is 2.51. The van der Waals surface area contributed by atoms with E-state index >= 15 is 0 Å². The Morgan fingerprint density at radius 3 is 2.36 bits per heavy atom. The summed E-state index contributed by atoms with van der Waals surface area (Å²) in [4.78, 5) is 39.2. The second-order valence-corrected chi connectivity index (χ2v) is 14.1. The van der Waals surface area contributed by atoms with E-state index in [1.807, 2.05) is 44.2 Å². The predicted octanol–water partition coefficient (Wildman–Crippen LogP) is 6.12. The van der Waals surface area contributed by atoms with Crippen molar-refractivity contribution < 1.29 is 33.3 Å². The maximum atomic E-state index is 14.2. The Labute approximate surface area is 233 Å². The number of amides is 1. The van der Waals surface area contributed by atoms with Crippen molar-refractivity contribution >= 4 is 25.2 Å². The van der Waals surface area contributed by atoms with Gasteiger partial charge >= 0.3 is 11.9 Å². The van der Waals surface area contributed by atoms with Crippen molar-refractivity contribution in [3.8, 4) is 0 Å². The number of aryl methyl sites for hydroxylation is 1. The zero-order valence-corrected chi connectivity index (χ0v) is 24.7. The third-order valence-electron chi connectivity index (χ3n) is 8.07. The van der Waals surface area contributed by atoms with E-state index in [0.29, 0.717) is 25.3 Å². The molecule has 9 heteroatoms. The molecule has 1 N–H and O–H groups in total. The minimum Gasteiger partial charge on any atom is -0.480 e. The molecule has 1 aliphatic heterocycles. The fourth-order valence-electron chi connectivity index (χ4n) is 5.80. The molecule has 2 aliphatic rings. The third kappa shape index (κ3) is 9.46. The molecule has 8 nitrogen and oxygen atoms in total. The molecule has 1 amide bonds. The highest BCUT2D eigenvalue weighted by atomic mass is 31.2. The van der Waals surface area contributed by atoms with Gasteiger partial charge in [0.05, 0.1) is 0 Å². The summed E-state index contributed by atoms with van der Waals surface area (Å²) < 4.78 is 25.7. The fourth-order valence-corrected chi connectivity index (χ4v) is 8.10. The van der Waals surface area contributed by atoms with Crippen molar-refractivity contribution in [3.05, 3.63) is 35.9 Å². The highest BCUT2D eigenvalue weighted by molar-refractivity contribution is 7.59. The van der Waals surface area contributed by atoms with Crippen LogP contribution in [-0.2, 0) is 34.6 Å². The zero-order valence-electron chi connectivity index (χ0n) is 23.8. The lowest BCUT2D eigenvalue weighted by Crippen LogP contribution is -2.42. The van der Waals surface area contributed by atoms with E-state index in [-0.39, 0.29) is 30.6 Å². The lowest BCUT2D eigenvalue weighted by molar-refractivity contribution is -0.169. The van der Waals surface area contributed by atoms with E-state index < -0.39 is 37.5 Å². The number of carboxylic acids is 1. The largest absolute Gasteiger partial charge is 0.480 e. The zero-order chi connectivity index (χ0) is 28.4.